The van der Waals surface area contributed by atoms with E-state index in [1.807, 2.05) is 53.1 Å². The standard InChI is InChI=1S/C17H16ClN3O2/c1-19-17-20(10-12-6-8-13(18)9-7-12)14-4-2-3-5-15(14)21(17)11-16(22)23/h2-9H,10-11H2,1H3,(H,22,23). The number of rotatable bonds is 4. The van der Waals surface area contributed by atoms with E-state index < -0.39 is 5.97 Å². The molecule has 0 fully saturated rings. The summed E-state index contributed by atoms with van der Waals surface area (Å²) in [7, 11) is 1.67. The Balaban J connectivity index is 2.19. The Bertz CT molecular complexity index is 923. The van der Waals surface area contributed by atoms with Gasteiger partial charge in [0.15, 0.2) is 0 Å². The molecule has 2 aromatic carbocycles. The Morgan fingerprint density at radius 2 is 1.70 bits per heavy atom. The zero-order valence-electron chi connectivity index (χ0n) is 12.6. The fourth-order valence-electron chi connectivity index (χ4n) is 2.74. The number of carbonyl (C=O) groups is 1. The van der Waals surface area contributed by atoms with Gasteiger partial charge >= 0.3 is 5.97 Å². The van der Waals surface area contributed by atoms with Crippen molar-refractivity contribution in [3.05, 3.63) is 64.7 Å². The highest BCUT2D eigenvalue weighted by atomic mass is 35.5. The molecule has 1 heterocycles. The molecule has 5 nitrogen and oxygen atoms in total. The first-order valence-electron chi connectivity index (χ1n) is 7.17. The predicted molar refractivity (Wildman–Crippen MR) is 89.6 cm³/mol. The Labute approximate surface area is 138 Å². The number of para-hydroxylation sites is 2. The second-order valence-corrected chi connectivity index (χ2v) is 5.64. The number of benzene rings is 2. The van der Waals surface area contributed by atoms with Gasteiger partial charge in [0, 0.05) is 12.1 Å². The maximum atomic E-state index is 11.2. The largest absolute Gasteiger partial charge is 0.480 e. The van der Waals surface area contributed by atoms with Gasteiger partial charge in [-0.2, -0.15) is 0 Å². The van der Waals surface area contributed by atoms with Crippen LogP contribution in [0.15, 0.2) is 53.5 Å². The molecule has 0 unspecified atom stereocenters. The fourth-order valence-corrected chi connectivity index (χ4v) is 2.87. The summed E-state index contributed by atoms with van der Waals surface area (Å²) >= 11 is 5.93. The lowest BCUT2D eigenvalue weighted by atomic mass is 10.2. The average Bonchev–Trinajstić information content (AvgIpc) is 2.82. The van der Waals surface area contributed by atoms with Crippen LogP contribution in [0.1, 0.15) is 5.56 Å². The van der Waals surface area contributed by atoms with E-state index in [1.165, 1.54) is 0 Å². The summed E-state index contributed by atoms with van der Waals surface area (Å²) in [5, 5.41) is 9.88. The number of halogens is 1. The van der Waals surface area contributed by atoms with E-state index in [9.17, 15) is 9.90 Å². The monoisotopic (exact) mass is 329 g/mol. The van der Waals surface area contributed by atoms with E-state index in [0.29, 0.717) is 17.2 Å². The molecule has 0 saturated heterocycles. The van der Waals surface area contributed by atoms with Crippen molar-refractivity contribution in [3.63, 3.8) is 0 Å². The lowest BCUT2D eigenvalue weighted by molar-refractivity contribution is -0.137. The number of aliphatic carboxylic acids is 1. The number of nitrogens with zero attached hydrogens (tertiary/aromatic N) is 3. The van der Waals surface area contributed by atoms with Gasteiger partial charge in [0.1, 0.15) is 6.54 Å². The Morgan fingerprint density at radius 1 is 1.09 bits per heavy atom. The van der Waals surface area contributed by atoms with Crippen LogP contribution in [0.2, 0.25) is 5.02 Å². The number of fused-ring (bicyclic) bond motifs is 1. The van der Waals surface area contributed by atoms with Crippen LogP contribution in [0.3, 0.4) is 0 Å². The van der Waals surface area contributed by atoms with Crippen molar-refractivity contribution in [3.8, 4) is 0 Å². The van der Waals surface area contributed by atoms with Gasteiger partial charge < -0.3 is 9.67 Å². The maximum Gasteiger partial charge on any atom is 0.323 e. The number of hydrogen-bond acceptors (Lipinski definition) is 2. The third kappa shape index (κ3) is 3.00. The van der Waals surface area contributed by atoms with Crippen LogP contribution in [0.4, 0.5) is 0 Å². The summed E-state index contributed by atoms with van der Waals surface area (Å²) < 4.78 is 3.73. The second kappa shape index (κ2) is 6.30. The minimum absolute atomic E-state index is 0.124. The highest BCUT2D eigenvalue weighted by Gasteiger charge is 2.13. The van der Waals surface area contributed by atoms with Crippen LogP contribution in [-0.4, -0.2) is 27.3 Å². The molecule has 0 saturated carbocycles. The van der Waals surface area contributed by atoms with Gasteiger partial charge in [-0.3, -0.25) is 14.4 Å². The van der Waals surface area contributed by atoms with Crippen molar-refractivity contribution in [1.29, 1.82) is 0 Å². The highest BCUT2D eigenvalue weighted by Crippen LogP contribution is 2.16. The molecular weight excluding hydrogens is 314 g/mol. The molecule has 0 atom stereocenters. The summed E-state index contributed by atoms with van der Waals surface area (Å²) in [6, 6.07) is 15.3. The molecule has 1 N–H and O–H groups in total. The fraction of sp³-hybridized carbons (Fsp3) is 0.176. The van der Waals surface area contributed by atoms with E-state index in [1.54, 1.807) is 11.6 Å². The Hall–Kier alpha value is -2.53. The third-order valence-electron chi connectivity index (χ3n) is 3.69. The SMILES string of the molecule is CN=c1n(CC(=O)O)c2ccccc2n1Cc1ccc(Cl)cc1. The molecule has 0 radical (unpaired) electrons. The van der Waals surface area contributed by atoms with E-state index in [0.717, 1.165) is 16.6 Å². The molecule has 0 aliphatic rings. The van der Waals surface area contributed by atoms with Crippen molar-refractivity contribution < 1.29 is 9.90 Å². The number of carboxylic acids is 1. The summed E-state index contributed by atoms with van der Waals surface area (Å²) in [5.74, 6) is -0.894. The molecule has 1 aromatic heterocycles. The predicted octanol–water partition coefficient (Wildman–Crippen LogP) is 2.76. The topological polar surface area (TPSA) is 59.5 Å². The van der Waals surface area contributed by atoms with Crippen LogP contribution in [0.25, 0.3) is 11.0 Å². The highest BCUT2D eigenvalue weighted by molar-refractivity contribution is 6.30. The van der Waals surface area contributed by atoms with Gasteiger partial charge in [0.25, 0.3) is 0 Å². The minimum atomic E-state index is -0.894. The zero-order chi connectivity index (χ0) is 16.4. The first kappa shape index (κ1) is 15.4. The van der Waals surface area contributed by atoms with E-state index in [2.05, 4.69) is 4.99 Å². The molecule has 0 bridgehead atoms. The quantitative estimate of drug-likeness (QED) is 0.800. The van der Waals surface area contributed by atoms with Gasteiger partial charge in [0.2, 0.25) is 5.62 Å². The van der Waals surface area contributed by atoms with Crippen LogP contribution < -0.4 is 5.62 Å². The van der Waals surface area contributed by atoms with Crippen molar-refractivity contribution in [2.75, 3.05) is 7.05 Å². The van der Waals surface area contributed by atoms with Gasteiger partial charge in [-0.25, -0.2) is 0 Å². The lowest BCUT2D eigenvalue weighted by Crippen LogP contribution is -2.28. The summed E-state index contributed by atoms with van der Waals surface area (Å²) in [6.45, 7) is 0.470. The van der Waals surface area contributed by atoms with Gasteiger partial charge in [-0.15, -0.1) is 0 Å². The molecule has 6 heteroatoms. The third-order valence-corrected chi connectivity index (χ3v) is 3.95. The number of imidazole rings is 1. The van der Waals surface area contributed by atoms with Crippen molar-refractivity contribution in [2.45, 2.75) is 13.1 Å². The van der Waals surface area contributed by atoms with Crippen LogP contribution >= 0.6 is 11.6 Å². The molecule has 0 aliphatic heterocycles. The number of hydrogen-bond donors (Lipinski definition) is 1. The Morgan fingerprint density at radius 3 is 2.26 bits per heavy atom. The first-order valence-corrected chi connectivity index (χ1v) is 7.55. The first-order chi connectivity index (χ1) is 11.1. The van der Waals surface area contributed by atoms with Gasteiger partial charge in [-0.1, -0.05) is 35.9 Å². The zero-order valence-corrected chi connectivity index (χ0v) is 13.4. The van der Waals surface area contributed by atoms with Crippen LogP contribution in [-0.2, 0) is 17.9 Å². The summed E-state index contributed by atoms with van der Waals surface area (Å²) in [4.78, 5) is 15.5. The molecule has 0 amide bonds. The second-order valence-electron chi connectivity index (χ2n) is 5.20. The molecule has 0 aliphatic carbocycles. The number of aromatic nitrogens is 2. The Kier molecular flexibility index (Phi) is 4.21. The molecule has 118 valence electrons. The smallest absolute Gasteiger partial charge is 0.323 e. The molecule has 0 spiro atoms. The van der Waals surface area contributed by atoms with E-state index >= 15 is 0 Å². The summed E-state index contributed by atoms with van der Waals surface area (Å²) in [6.07, 6.45) is 0. The van der Waals surface area contributed by atoms with Gasteiger partial charge in [-0.05, 0) is 29.8 Å². The molecule has 3 rings (SSSR count). The van der Waals surface area contributed by atoms with Crippen molar-refractivity contribution in [1.82, 2.24) is 9.13 Å². The van der Waals surface area contributed by atoms with Crippen molar-refractivity contribution in [2.24, 2.45) is 4.99 Å². The number of carboxylic acid groups (broad SMARTS) is 1. The lowest BCUT2D eigenvalue weighted by Gasteiger charge is -2.06. The normalized spacial score (nSPS) is 12.0. The molecule has 23 heavy (non-hydrogen) atoms. The van der Waals surface area contributed by atoms with Gasteiger partial charge in [0.05, 0.1) is 17.6 Å². The van der Waals surface area contributed by atoms with Crippen molar-refractivity contribution >= 4 is 28.6 Å². The van der Waals surface area contributed by atoms with E-state index in [4.69, 9.17) is 11.6 Å². The molecule has 3 aromatic rings. The average molecular weight is 330 g/mol. The van der Waals surface area contributed by atoms with E-state index in [-0.39, 0.29) is 6.54 Å². The minimum Gasteiger partial charge on any atom is -0.480 e. The summed E-state index contributed by atoms with van der Waals surface area (Å²) in [5.41, 5.74) is 3.50. The van der Waals surface area contributed by atoms with Crippen LogP contribution in [0.5, 0.6) is 0 Å². The maximum absolute atomic E-state index is 11.2. The van der Waals surface area contributed by atoms with Crippen LogP contribution in [0, 0.1) is 0 Å². The molecular formula is C17H16ClN3O2.